The largest absolute Gasteiger partial charge is 0.398 e. The van der Waals surface area contributed by atoms with Gasteiger partial charge in [0.1, 0.15) is 10.7 Å². The second-order valence-electron chi connectivity index (χ2n) is 4.32. The van der Waals surface area contributed by atoms with Crippen molar-refractivity contribution in [1.82, 2.24) is 4.31 Å². The molecule has 1 aliphatic heterocycles. The molecular weight excluding hydrogens is 255 g/mol. The zero-order valence-electron chi connectivity index (χ0n) is 10.1. The number of rotatable bonds is 2. The molecule has 2 N–H and O–H groups in total. The molecule has 0 saturated carbocycles. The summed E-state index contributed by atoms with van der Waals surface area (Å²) in [5.41, 5.74) is 6.67. The highest BCUT2D eigenvalue weighted by Crippen LogP contribution is 2.27. The lowest BCUT2D eigenvalue weighted by Crippen LogP contribution is -2.35. The summed E-state index contributed by atoms with van der Waals surface area (Å²) in [6.45, 7) is 2.57. The molecule has 0 atom stereocenters. The second-order valence-corrected chi connectivity index (χ2v) is 6.20. The highest BCUT2D eigenvalue weighted by atomic mass is 32.2. The molecule has 6 heteroatoms. The molecule has 1 aromatic carbocycles. The summed E-state index contributed by atoms with van der Waals surface area (Å²) in [4.78, 5) is -0.419. The van der Waals surface area contributed by atoms with Gasteiger partial charge in [0.05, 0.1) is 5.69 Å². The van der Waals surface area contributed by atoms with Crippen LogP contribution in [0.15, 0.2) is 34.7 Å². The Morgan fingerprint density at radius 3 is 2.67 bits per heavy atom. The zero-order chi connectivity index (χ0) is 13.3. The summed E-state index contributed by atoms with van der Waals surface area (Å²) in [5, 5.41) is 0. The van der Waals surface area contributed by atoms with Gasteiger partial charge in [-0.1, -0.05) is 17.7 Å². The molecule has 0 amide bonds. The molecule has 1 heterocycles. The summed E-state index contributed by atoms with van der Waals surface area (Å²) in [6.07, 6.45) is 2.49. The Bertz CT molecular complexity index is 576. The molecular formula is C12H15FN2O2S. The number of anilines is 1. The number of nitrogen functional groups attached to an aromatic ring is 1. The average Bonchev–Trinajstić information content (AvgIpc) is 2.29. The smallest absolute Gasteiger partial charge is 0.248 e. The molecule has 4 nitrogen and oxygen atoms in total. The molecule has 0 unspecified atom stereocenters. The van der Waals surface area contributed by atoms with Gasteiger partial charge in [-0.15, -0.1) is 0 Å². The van der Waals surface area contributed by atoms with Crippen LogP contribution >= 0.6 is 0 Å². The fraction of sp³-hybridized carbons (Fsp3) is 0.333. The minimum atomic E-state index is -3.86. The van der Waals surface area contributed by atoms with Gasteiger partial charge < -0.3 is 5.73 Å². The van der Waals surface area contributed by atoms with E-state index >= 15 is 0 Å². The molecule has 0 fully saturated rings. The van der Waals surface area contributed by atoms with E-state index in [1.165, 1.54) is 16.4 Å². The maximum Gasteiger partial charge on any atom is 0.248 e. The first kappa shape index (κ1) is 13.0. The number of benzene rings is 1. The van der Waals surface area contributed by atoms with Crippen LogP contribution in [0.25, 0.3) is 0 Å². The first-order valence-corrected chi connectivity index (χ1v) is 7.06. The van der Waals surface area contributed by atoms with Gasteiger partial charge >= 0.3 is 0 Å². The first-order chi connectivity index (χ1) is 8.43. The maximum atomic E-state index is 13.7. The Hall–Kier alpha value is -1.40. The van der Waals surface area contributed by atoms with Crippen molar-refractivity contribution < 1.29 is 12.8 Å². The van der Waals surface area contributed by atoms with Crippen LogP contribution in [0.1, 0.15) is 13.3 Å². The molecule has 0 aromatic heterocycles. The van der Waals surface area contributed by atoms with E-state index in [0.29, 0.717) is 13.0 Å². The molecule has 18 heavy (non-hydrogen) atoms. The van der Waals surface area contributed by atoms with E-state index in [9.17, 15) is 12.8 Å². The molecule has 0 bridgehead atoms. The van der Waals surface area contributed by atoms with Crippen LogP contribution in [0.5, 0.6) is 0 Å². The van der Waals surface area contributed by atoms with Gasteiger partial charge in [-0.05, 0) is 25.5 Å². The Morgan fingerprint density at radius 2 is 2.11 bits per heavy atom. The van der Waals surface area contributed by atoms with Gasteiger partial charge in [0.15, 0.2) is 0 Å². The van der Waals surface area contributed by atoms with Crippen molar-refractivity contribution in [2.45, 2.75) is 18.2 Å². The quantitative estimate of drug-likeness (QED) is 0.658. The first-order valence-electron chi connectivity index (χ1n) is 5.62. The van der Waals surface area contributed by atoms with E-state index in [1.807, 2.05) is 13.0 Å². The van der Waals surface area contributed by atoms with Gasteiger partial charge in [0.25, 0.3) is 0 Å². The van der Waals surface area contributed by atoms with Crippen molar-refractivity contribution in [1.29, 1.82) is 0 Å². The van der Waals surface area contributed by atoms with Crippen LogP contribution in [-0.2, 0) is 10.0 Å². The number of hydrogen-bond donors (Lipinski definition) is 1. The Labute approximate surface area is 106 Å². The fourth-order valence-electron chi connectivity index (χ4n) is 1.90. The average molecular weight is 270 g/mol. The predicted molar refractivity (Wildman–Crippen MR) is 67.9 cm³/mol. The maximum absolute atomic E-state index is 13.7. The van der Waals surface area contributed by atoms with E-state index in [2.05, 4.69) is 0 Å². The summed E-state index contributed by atoms with van der Waals surface area (Å²) in [5.74, 6) is -0.804. The predicted octanol–water partition coefficient (Wildman–Crippen LogP) is 1.75. The van der Waals surface area contributed by atoms with Crippen molar-refractivity contribution in [3.63, 3.8) is 0 Å². The van der Waals surface area contributed by atoms with Crippen molar-refractivity contribution in [2.24, 2.45) is 0 Å². The van der Waals surface area contributed by atoms with Crippen LogP contribution in [0, 0.1) is 5.82 Å². The van der Waals surface area contributed by atoms with E-state index in [0.717, 1.165) is 11.6 Å². The van der Waals surface area contributed by atoms with Crippen molar-refractivity contribution in [2.75, 3.05) is 18.8 Å². The Balaban J connectivity index is 2.43. The van der Waals surface area contributed by atoms with Gasteiger partial charge in [0.2, 0.25) is 10.0 Å². The van der Waals surface area contributed by atoms with Gasteiger partial charge in [-0.2, -0.15) is 4.31 Å². The zero-order valence-corrected chi connectivity index (χ0v) is 10.9. The molecule has 0 saturated heterocycles. The third-order valence-electron chi connectivity index (χ3n) is 2.99. The number of nitrogens with two attached hydrogens (primary N) is 1. The molecule has 1 aliphatic rings. The molecule has 2 rings (SSSR count). The normalized spacial score (nSPS) is 17.6. The molecule has 0 radical (unpaired) electrons. The summed E-state index contributed by atoms with van der Waals surface area (Å²) < 4.78 is 39.5. The van der Waals surface area contributed by atoms with Crippen molar-refractivity contribution >= 4 is 15.7 Å². The van der Waals surface area contributed by atoms with E-state index in [4.69, 9.17) is 5.73 Å². The summed E-state index contributed by atoms with van der Waals surface area (Å²) in [7, 11) is -3.86. The monoisotopic (exact) mass is 270 g/mol. The molecule has 98 valence electrons. The lowest BCUT2D eigenvalue weighted by atomic mass is 10.1. The molecule has 1 aromatic rings. The van der Waals surface area contributed by atoms with Crippen molar-refractivity contribution in [3.05, 3.63) is 35.7 Å². The lowest BCUT2D eigenvalue weighted by molar-refractivity contribution is 0.427. The highest BCUT2D eigenvalue weighted by molar-refractivity contribution is 7.89. The van der Waals surface area contributed by atoms with Gasteiger partial charge in [-0.3, -0.25) is 0 Å². The summed E-state index contributed by atoms with van der Waals surface area (Å²) >= 11 is 0. The third-order valence-corrected chi connectivity index (χ3v) is 4.95. The number of nitrogens with zero attached hydrogens (tertiary/aromatic N) is 1. The number of sulfonamides is 1. The van der Waals surface area contributed by atoms with E-state index < -0.39 is 20.7 Å². The Morgan fingerprint density at radius 1 is 1.39 bits per heavy atom. The van der Waals surface area contributed by atoms with Crippen LogP contribution in [0.3, 0.4) is 0 Å². The SMILES string of the molecule is CC1=CCN(S(=O)(=O)c2c(N)cccc2F)CC1. The van der Waals surface area contributed by atoms with Crippen LogP contribution in [0.4, 0.5) is 10.1 Å². The Kier molecular flexibility index (Phi) is 3.41. The molecule has 0 spiro atoms. The van der Waals surface area contributed by atoms with Crippen molar-refractivity contribution in [3.8, 4) is 0 Å². The van der Waals surface area contributed by atoms with Crippen LogP contribution in [-0.4, -0.2) is 25.8 Å². The number of hydrogen-bond acceptors (Lipinski definition) is 3. The minimum absolute atomic E-state index is 0.0544. The number of halogens is 1. The van der Waals surface area contributed by atoms with Gasteiger partial charge in [-0.25, -0.2) is 12.8 Å². The second kappa shape index (κ2) is 4.70. The van der Waals surface area contributed by atoms with E-state index in [1.54, 1.807) is 0 Å². The van der Waals surface area contributed by atoms with Gasteiger partial charge in [0, 0.05) is 13.1 Å². The lowest BCUT2D eigenvalue weighted by Gasteiger charge is -2.25. The third kappa shape index (κ3) is 2.26. The summed E-state index contributed by atoms with van der Waals surface area (Å²) in [6, 6.07) is 3.89. The van der Waals surface area contributed by atoms with Crippen LogP contribution in [0.2, 0.25) is 0 Å². The molecule has 0 aliphatic carbocycles. The van der Waals surface area contributed by atoms with Crippen LogP contribution < -0.4 is 5.73 Å². The highest BCUT2D eigenvalue weighted by Gasteiger charge is 2.29. The van der Waals surface area contributed by atoms with E-state index in [-0.39, 0.29) is 12.2 Å². The standard InChI is InChI=1S/C12H15FN2O2S/c1-9-5-7-15(8-6-9)18(16,17)12-10(13)3-2-4-11(12)14/h2-5H,6-8,14H2,1H3. The fourth-order valence-corrected chi connectivity index (χ4v) is 3.44. The minimum Gasteiger partial charge on any atom is -0.398 e. The topological polar surface area (TPSA) is 63.4 Å².